The minimum absolute atomic E-state index is 0.0367. The van der Waals surface area contributed by atoms with Crippen LogP contribution in [-0.2, 0) is 25.3 Å². The highest BCUT2D eigenvalue weighted by Crippen LogP contribution is 2.32. The Morgan fingerprint density at radius 1 is 1.07 bits per heavy atom. The summed E-state index contributed by atoms with van der Waals surface area (Å²) in [5.41, 5.74) is -0.651. The Morgan fingerprint density at radius 3 is 2.13 bits per heavy atom. The van der Waals surface area contributed by atoms with Crippen molar-refractivity contribution >= 4 is 34.9 Å². The van der Waals surface area contributed by atoms with Crippen molar-refractivity contribution in [3.63, 3.8) is 0 Å². The minimum Gasteiger partial charge on any atom is -0.768 e. The smallest absolute Gasteiger partial charge is 0.407 e. The standard InChI is InChI=1S/C17H21F4NO6S2/c1-4-17(2,3)15(23)27-6-5-22-16(24)28-7-8-29-13-9(18)11(20)14(30(25)26)12(21)10(13)19/h4-8H2,1-3H3,(H,22,24)(H,25,26)/p-1. The van der Waals surface area contributed by atoms with Gasteiger partial charge >= 0.3 is 12.1 Å². The number of ether oxygens (including phenoxy) is 2. The Balaban J connectivity index is 2.45. The number of thioether (sulfide) groups is 1. The third kappa shape index (κ3) is 6.84. The minimum atomic E-state index is -3.51. The number of hydrogen-bond acceptors (Lipinski definition) is 7. The molecule has 0 radical (unpaired) electrons. The van der Waals surface area contributed by atoms with E-state index in [-0.39, 0.29) is 25.5 Å². The summed E-state index contributed by atoms with van der Waals surface area (Å²) in [5.74, 6) is -8.50. The summed E-state index contributed by atoms with van der Waals surface area (Å²) < 4.78 is 85.9. The number of esters is 1. The van der Waals surface area contributed by atoms with Crippen molar-refractivity contribution in [2.45, 2.75) is 37.0 Å². The van der Waals surface area contributed by atoms with Gasteiger partial charge in [-0.3, -0.25) is 9.00 Å². The summed E-state index contributed by atoms with van der Waals surface area (Å²) in [6, 6.07) is 0. The van der Waals surface area contributed by atoms with Crippen molar-refractivity contribution < 1.29 is 45.4 Å². The zero-order valence-electron chi connectivity index (χ0n) is 16.3. The van der Waals surface area contributed by atoms with Gasteiger partial charge in [0.15, 0.2) is 23.3 Å². The van der Waals surface area contributed by atoms with Gasteiger partial charge in [-0.25, -0.2) is 22.4 Å². The molecule has 0 saturated heterocycles. The molecule has 0 aliphatic heterocycles. The van der Waals surface area contributed by atoms with E-state index in [0.29, 0.717) is 18.2 Å². The van der Waals surface area contributed by atoms with E-state index in [4.69, 9.17) is 9.47 Å². The largest absolute Gasteiger partial charge is 0.768 e. The lowest BCUT2D eigenvalue weighted by Gasteiger charge is -2.20. The molecule has 1 rings (SSSR count). The molecule has 1 aromatic carbocycles. The van der Waals surface area contributed by atoms with Crippen LogP contribution < -0.4 is 5.32 Å². The van der Waals surface area contributed by atoms with Gasteiger partial charge in [0.1, 0.15) is 18.1 Å². The molecular formula is C17H20F4NO6S2-. The van der Waals surface area contributed by atoms with E-state index in [1.54, 1.807) is 13.8 Å². The van der Waals surface area contributed by atoms with Crippen LogP contribution in [0.4, 0.5) is 22.4 Å². The molecule has 0 saturated carbocycles. The van der Waals surface area contributed by atoms with Gasteiger partial charge in [-0.1, -0.05) is 6.92 Å². The summed E-state index contributed by atoms with van der Waals surface area (Å²) in [6.45, 7) is 4.75. The van der Waals surface area contributed by atoms with Gasteiger partial charge < -0.3 is 19.3 Å². The Kier molecular flexibility index (Phi) is 10.0. The maximum absolute atomic E-state index is 13.8. The van der Waals surface area contributed by atoms with E-state index in [2.05, 4.69) is 5.32 Å². The first-order chi connectivity index (χ1) is 13.9. The Bertz CT molecular complexity index is 793. The molecule has 0 spiro atoms. The molecule has 13 heteroatoms. The normalized spacial score (nSPS) is 12.4. The van der Waals surface area contributed by atoms with E-state index in [0.717, 1.165) is 0 Å². The van der Waals surface area contributed by atoms with Crippen molar-refractivity contribution in [2.24, 2.45) is 5.41 Å². The van der Waals surface area contributed by atoms with Gasteiger partial charge in [0, 0.05) is 5.75 Å². The number of benzene rings is 1. The third-order valence-corrected chi connectivity index (χ3v) is 5.66. The molecular weight excluding hydrogens is 454 g/mol. The van der Waals surface area contributed by atoms with Crippen molar-refractivity contribution in [1.82, 2.24) is 5.32 Å². The number of halogens is 4. The summed E-state index contributed by atoms with van der Waals surface area (Å²) >= 11 is -3.21. The monoisotopic (exact) mass is 474 g/mol. The lowest BCUT2D eigenvalue weighted by molar-refractivity contribution is -0.153. The molecule has 1 amide bonds. The molecule has 7 nitrogen and oxygen atoms in total. The van der Waals surface area contributed by atoms with E-state index in [1.807, 2.05) is 6.92 Å². The number of carbonyl (C=O) groups is 2. The highest BCUT2D eigenvalue weighted by atomic mass is 32.2. The predicted molar refractivity (Wildman–Crippen MR) is 98.6 cm³/mol. The van der Waals surface area contributed by atoms with E-state index in [9.17, 15) is 35.9 Å². The fraction of sp³-hybridized carbons (Fsp3) is 0.529. The van der Waals surface area contributed by atoms with Crippen LogP contribution in [0.3, 0.4) is 0 Å². The number of amides is 1. The van der Waals surface area contributed by atoms with Crippen LogP contribution in [0.25, 0.3) is 0 Å². The first-order valence-corrected chi connectivity index (χ1v) is 10.7. The molecule has 1 atom stereocenters. The van der Waals surface area contributed by atoms with E-state index >= 15 is 0 Å². The molecule has 30 heavy (non-hydrogen) atoms. The van der Waals surface area contributed by atoms with Crippen LogP contribution >= 0.6 is 11.8 Å². The van der Waals surface area contributed by atoms with Crippen LogP contribution in [0.15, 0.2) is 9.79 Å². The highest BCUT2D eigenvalue weighted by Gasteiger charge is 2.27. The predicted octanol–water partition coefficient (Wildman–Crippen LogP) is 3.28. The first-order valence-electron chi connectivity index (χ1n) is 8.59. The van der Waals surface area contributed by atoms with Crippen molar-refractivity contribution in [3.05, 3.63) is 23.3 Å². The molecule has 1 N–H and O–H groups in total. The fourth-order valence-electron chi connectivity index (χ4n) is 1.83. The molecule has 0 bridgehead atoms. The Labute approximate surface area is 177 Å². The molecule has 0 heterocycles. The van der Waals surface area contributed by atoms with Gasteiger partial charge in [-0.2, -0.15) is 0 Å². The van der Waals surface area contributed by atoms with Gasteiger partial charge in [0.25, 0.3) is 0 Å². The SMILES string of the molecule is CCC(C)(C)C(=O)OCCNC(=O)OCCSc1c(F)c(F)c(S(=O)[O-])c(F)c1F. The number of rotatable bonds is 10. The maximum Gasteiger partial charge on any atom is 0.407 e. The lowest BCUT2D eigenvalue weighted by Crippen LogP contribution is -2.32. The average molecular weight is 474 g/mol. The first kappa shape index (κ1) is 26.2. The zero-order chi connectivity index (χ0) is 23.1. The molecule has 1 aromatic rings. The van der Waals surface area contributed by atoms with Gasteiger partial charge in [0.05, 0.1) is 16.9 Å². The van der Waals surface area contributed by atoms with E-state index in [1.165, 1.54) is 0 Å². The number of carbonyl (C=O) groups excluding carboxylic acids is 2. The summed E-state index contributed by atoms with van der Waals surface area (Å²) in [7, 11) is 0. The summed E-state index contributed by atoms with van der Waals surface area (Å²) in [4.78, 5) is 20.4. The van der Waals surface area contributed by atoms with E-state index < -0.39 is 61.6 Å². The van der Waals surface area contributed by atoms with Crippen molar-refractivity contribution in [2.75, 3.05) is 25.5 Å². The fourth-order valence-corrected chi connectivity index (χ4v) is 3.11. The van der Waals surface area contributed by atoms with Crippen LogP contribution in [0.1, 0.15) is 27.2 Å². The Hall–Kier alpha value is -1.86. The second kappa shape index (κ2) is 11.5. The molecule has 0 aliphatic rings. The zero-order valence-corrected chi connectivity index (χ0v) is 17.9. The number of nitrogens with one attached hydrogen (secondary N) is 1. The van der Waals surface area contributed by atoms with Crippen molar-refractivity contribution in [1.29, 1.82) is 0 Å². The second-order valence-corrected chi connectivity index (χ2v) is 8.42. The molecule has 170 valence electrons. The van der Waals surface area contributed by atoms with Crippen LogP contribution in [0, 0.1) is 28.7 Å². The summed E-state index contributed by atoms with van der Waals surface area (Å²) in [6.07, 6.45) is -0.331. The molecule has 0 aromatic heterocycles. The molecule has 0 fully saturated rings. The van der Waals surface area contributed by atoms with Crippen LogP contribution in [0.2, 0.25) is 0 Å². The van der Waals surface area contributed by atoms with Gasteiger partial charge in [-0.15, -0.1) is 11.8 Å². The van der Waals surface area contributed by atoms with Gasteiger partial charge in [0.2, 0.25) is 0 Å². The maximum atomic E-state index is 13.8. The van der Waals surface area contributed by atoms with Gasteiger partial charge in [-0.05, 0) is 31.3 Å². The molecule has 1 unspecified atom stereocenters. The van der Waals surface area contributed by atoms with Crippen LogP contribution in [-0.4, -0.2) is 46.3 Å². The quantitative estimate of drug-likeness (QED) is 0.139. The topological polar surface area (TPSA) is 105 Å². The second-order valence-electron chi connectivity index (χ2n) is 6.43. The summed E-state index contributed by atoms with van der Waals surface area (Å²) in [5, 5.41) is 2.28. The highest BCUT2D eigenvalue weighted by molar-refractivity contribution is 7.99. The average Bonchev–Trinajstić information content (AvgIpc) is 2.68. The van der Waals surface area contributed by atoms with Crippen LogP contribution in [0.5, 0.6) is 0 Å². The lowest BCUT2D eigenvalue weighted by atomic mass is 9.91. The third-order valence-electron chi connectivity index (χ3n) is 3.95. The number of hydrogen-bond donors (Lipinski definition) is 1. The Morgan fingerprint density at radius 2 is 1.63 bits per heavy atom. The van der Waals surface area contributed by atoms with Crippen molar-refractivity contribution in [3.8, 4) is 0 Å². The number of alkyl carbamates (subject to hydrolysis) is 1. The molecule has 0 aliphatic carbocycles.